The van der Waals surface area contributed by atoms with Crippen molar-refractivity contribution in [1.29, 1.82) is 0 Å². The Morgan fingerprint density at radius 3 is 2.08 bits per heavy atom. The van der Waals surface area contributed by atoms with Crippen LogP contribution in [0, 0.1) is 6.92 Å². The number of aryl methyl sites for hydroxylation is 2. The van der Waals surface area contributed by atoms with Crippen molar-refractivity contribution in [3.63, 3.8) is 0 Å². The molecule has 0 radical (unpaired) electrons. The molecular formula is C30H30N2O3S. The van der Waals surface area contributed by atoms with E-state index in [1.807, 2.05) is 80.6 Å². The summed E-state index contributed by atoms with van der Waals surface area (Å²) in [6.45, 7) is 3.63. The molecule has 0 aromatic heterocycles. The monoisotopic (exact) mass is 498 g/mol. The number of nitrogens with one attached hydrogen (secondary N) is 1. The highest BCUT2D eigenvalue weighted by atomic mass is 32.2. The van der Waals surface area contributed by atoms with Gasteiger partial charge in [0, 0.05) is 0 Å². The third kappa shape index (κ3) is 5.66. The number of sulfonamides is 1. The molecule has 0 aliphatic carbocycles. The zero-order valence-corrected chi connectivity index (χ0v) is 21.3. The molecule has 0 fully saturated rings. The molecule has 0 aliphatic rings. The Kier molecular flexibility index (Phi) is 7.86. The second-order valence-electron chi connectivity index (χ2n) is 8.63. The largest absolute Gasteiger partial charge is 0.344 e. The lowest BCUT2D eigenvalue weighted by atomic mass is 9.97. The van der Waals surface area contributed by atoms with Crippen molar-refractivity contribution < 1.29 is 13.2 Å². The van der Waals surface area contributed by atoms with E-state index < -0.39 is 22.0 Å². The van der Waals surface area contributed by atoms with Crippen LogP contribution >= 0.6 is 0 Å². The van der Waals surface area contributed by atoms with Crippen LogP contribution in [0.1, 0.15) is 35.2 Å². The van der Waals surface area contributed by atoms with Crippen molar-refractivity contribution in [3.05, 3.63) is 131 Å². The Morgan fingerprint density at radius 1 is 0.806 bits per heavy atom. The van der Waals surface area contributed by atoms with Crippen LogP contribution < -0.4 is 9.62 Å². The highest BCUT2D eigenvalue weighted by Gasteiger charge is 2.29. The number of nitrogens with zero attached hydrogens (tertiary/aromatic N) is 1. The van der Waals surface area contributed by atoms with Crippen molar-refractivity contribution in [1.82, 2.24) is 5.32 Å². The summed E-state index contributed by atoms with van der Waals surface area (Å²) in [5.41, 5.74) is 4.28. The van der Waals surface area contributed by atoms with Crippen LogP contribution in [0.25, 0.3) is 0 Å². The first kappa shape index (κ1) is 25.2. The summed E-state index contributed by atoms with van der Waals surface area (Å²) in [5, 5.41) is 3.09. The molecule has 36 heavy (non-hydrogen) atoms. The SMILES string of the molecule is CCc1ccccc1N(CC(=O)NC(c1ccccc1)c1cccc(C)c1)S(=O)(=O)c1ccccc1. The molecule has 0 spiro atoms. The first-order valence-electron chi connectivity index (χ1n) is 12.0. The van der Waals surface area contributed by atoms with Crippen LogP contribution in [0.2, 0.25) is 0 Å². The summed E-state index contributed by atoms with van der Waals surface area (Å²) < 4.78 is 28.7. The molecule has 6 heteroatoms. The first-order valence-corrected chi connectivity index (χ1v) is 13.4. The molecular weight excluding hydrogens is 468 g/mol. The molecule has 4 aromatic rings. The predicted molar refractivity (Wildman–Crippen MR) is 144 cm³/mol. The Morgan fingerprint density at radius 2 is 1.42 bits per heavy atom. The van der Waals surface area contributed by atoms with Gasteiger partial charge < -0.3 is 5.32 Å². The Bertz CT molecular complexity index is 1420. The molecule has 1 amide bonds. The van der Waals surface area contributed by atoms with E-state index in [-0.39, 0.29) is 11.4 Å². The van der Waals surface area contributed by atoms with Gasteiger partial charge in [0.1, 0.15) is 6.54 Å². The normalized spacial score (nSPS) is 12.1. The van der Waals surface area contributed by atoms with Crippen molar-refractivity contribution in [3.8, 4) is 0 Å². The van der Waals surface area contributed by atoms with Crippen molar-refractivity contribution in [2.24, 2.45) is 0 Å². The van der Waals surface area contributed by atoms with E-state index >= 15 is 0 Å². The Hall–Kier alpha value is -3.90. The average molecular weight is 499 g/mol. The molecule has 0 saturated carbocycles. The lowest BCUT2D eigenvalue weighted by Crippen LogP contribution is -2.42. The van der Waals surface area contributed by atoms with Crippen LogP contribution in [0.4, 0.5) is 5.69 Å². The van der Waals surface area contributed by atoms with Gasteiger partial charge in [0.25, 0.3) is 10.0 Å². The van der Waals surface area contributed by atoms with E-state index in [0.717, 1.165) is 22.3 Å². The van der Waals surface area contributed by atoms with Crippen LogP contribution in [-0.2, 0) is 21.2 Å². The van der Waals surface area contributed by atoms with Crippen molar-refractivity contribution in [2.45, 2.75) is 31.2 Å². The maximum atomic E-state index is 13.8. The number of hydrogen-bond acceptors (Lipinski definition) is 3. The van der Waals surface area contributed by atoms with Gasteiger partial charge >= 0.3 is 0 Å². The Labute approximate surface area is 213 Å². The van der Waals surface area contributed by atoms with Gasteiger partial charge in [-0.25, -0.2) is 8.42 Å². The van der Waals surface area contributed by atoms with E-state index in [2.05, 4.69) is 5.32 Å². The molecule has 184 valence electrons. The minimum Gasteiger partial charge on any atom is -0.344 e. The molecule has 4 rings (SSSR count). The molecule has 1 atom stereocenters. The zero-order chi connectivity index (χ0) is 25.5. The molecule has 0 bridgehead atoms. The number of benzene rings is 4. The van der Waals surface area contributed by atoms with Crippen LogP contribution in [0.15, 0.2) is 114 Å². The lowest BCUT2D eigenvalue weighted by molar-refractivity contribution is -0.120. The van der Waals surface area contributed by atoms with Crippen molar-refractivity contribution in [2.75, 3.05) is 10.8 Å². The minimum absolute atomic E-state index is 0.141. The molecule has 4 aromatic carbocycles. The number of amides is 1. The van der Waals surface area contributed by atoms with Gasteiger partial charge in [-0.15, -0.1) is 0 Å². The van der Waals surface area contributed by atoms with Gasteiger partial charge in [-0.1, -0.05) is 103 Å². The maximum Gasteiger partial charge on any atom is 0.264 e. The molecule has 5 nitrogen and oxygen atoms in total. The molecule has 0 heterocycles. The van der Waals surface area contributed by atoms with Gasteiger partial charge in [-0.05, 0) is 48.2 Å². The third-order valence-corrected chi connectivity index (χ3v) is 7.85. The fraction of sp³-hybridized carbons (Fsp3) is 0.167. The van der Waals surface area contributed by atoms with E-state index in [1.165, 1.54) is 4.31 Å². The second kappa shape index (κ2) is 11.2. The van der Waals surface area contributed by atoms with E-state index in [9.17, 15) is 13.2 Å². The van der Waals surface area contributed by atoms with Gasteiger partial charge in [0.15, 0.2) is 0 Å². The van der Waals surface area contributed by atoms with E-state index in [1.54, 1.807) is 42.5 Å². The van der Waals surface area contributed by atoms with Crippen LogP contribution in [-0.4, -0.2) is 20.9 Å². The highest BCUT2D eigenvalue weighted by Crippen LogP contribution is 2.28. The predicted octanol–water partition coefficient (Wildman–Crippen LogP) is 5.66. The summed E-state index contributed by atoms with van der Waals surface area (Å²) in [5.74, 6) is -0.393. The number of rotatable bonds is 9. The summed E-state index contributed by atoms with van der Waals surface area (Å²) in [4.78, 5) is 13.7. The number of carbonyl (C=O) groups excluding carboxylic acids is 1. The summed E-state index contributed by atoms with van der Waals surface area (Å²) in [7, 11) is -3.98. The average Bonchev–Trinajstić information content (AvgIpc) is 2.91. The quantitative estimate of drug-likeness (QED) is 0.324. The Balaban J connectivity index is 1.71. The molecule has 0 saturated heterocycles. The fourth-order valence-corrected chi connectivity index (χ4v) is 5.74. The van der Waals surface area contributed by atoms with Crippen molar-refractivity contribution >= 4 is 21.6 Å². The highest BCUT2D eigenvalue weighted by molar-refractivity contribution is 7.92. The lowest BCUT2D eigenvalue weighted by Gasteiger charge is -2.27. The van der Waals surface area contributed by atoms with Gasteiger partial charge in [0.2, 0.25) is 5.91 Å². The fourth-order valence-electron chi connectivity index (χ4n) is 4.26. The van der Waals surface area contributed by atoms with Gasteiger partial charge in [-0.2, -0.15) is 0 Å². The van der Waals surface area contributed by atoms with Crippen LogP contribution in [0.5, 0.6) is 0 Å². The molecule has 1 N–H and O–H groups in total. The summed E-state index contributed by atoms with van der Waals surface area (Å²) >= 11 is 0. The van der Waals surface area contributed by atoms with E-state index in [4.69, 9.17) is 0 Å². The summed E-state index contributed by atoms with van der Waals surface area (Å²) in [6, 6.07) is 32.8. The topological polar surface area (TPSA) is 66.5 Å². The second-order valence-corrected chi connectivity index (χ2v) is 10.5. The van der Waals surface area contributed by atoms with Gasteiger partial charge in [-0.3, -0.25) is 9.10 Å². The summed E-state index contributed by atoms with van der Waals surface area (Å²) in [6.07, 6.45) is 0.633. The molecule has 0 aliphatic heterocycles. The maximum absolute atomic E-state index is 13.8. The smallest absolute Gasteiger partial charge is 0.264 e. The number of anilines is 1. The minimum atomic E-state index is -3.98. The van der Waals surface area contributed by atoms with Gasteiger partial charge in [0.05, 0.1) is 16.6 Å². The van der Waals surface area contributed by atoms with E-state index in [0.29, 0.717) is 12.1 Å². The third-order valence-electron chi connectivity index (χ3n) is 6.07. The number of carbonyl (C=O) groups is 1. The standard InChI is InChI=1S/C30H30N2O3S/c1-3-24-14-10-11-20-28(24)32(36(34,35)27-18-8-5-9-19-27)22-29(33)31-30(25-15-6-4-7-16-25)26-17-12-13-23(2)21-26/h4-21,30H,3,22H2,1-2H3,(H,31,33). The number of hydrogen-bond donors (Lipinski definition) is 1. The molecule has 1 unspecified atom stereocenters. The zero-order valence-electron chi connectivity index (χ0n) is 20.5. The first-order chi connectivity index (χ1) is 17.4. The van der Waals surface area contributed by atoms with Crippen LogP contribution in [0.3, 0.4) is 0 Å². The number of para-hydroxylation sites is 1.